The van der Waals surface area contributed by atoms with Crippen LogP contribution in [0.2, 0.25) is 0 Å². The molecule has 17 heavy (non-hydrogen) atoms. The van der Waals surface area contributed by atoms with Gasteiger partial charge in [0.05, 0.1) is 6.04 Å². The molecule has 1 fully saturated rings. The highest BCUT2D eigenvalue weighted by molar-refractivity contribution is 5.81. The maximum Gasteiger partial charge on any atom is 0.237 e. The Bertz CT molecular complexity index is 237. The molecule has 1 saturated heterocycles. The fourth-order valence-corrected chi connectivity index (χ4v) is 2.36. The third kappa shape index (κ3) is 5.50. The van der Waals surface area contributed by atoms with Gasteiger partial charge in [-0.25, -0.2) is 0 Å². The molecule has 0 aromatic heterocycles. The van der Waals surface area contributed by atoms with Crippen molar-refractivity contribution in [2.75, 3.05) is 19.6 Å². The number of nitrogens with zero attached hydrogens (tertiary/aromatic N) is 1. The van der Waals surface area contributed by atoms with Crippen LogP contribution < -0.4 is 11.1 Å². The second-order valence-corrected chi connectivity index (χ2v) is 5.65. The Morgan fingerprint density at radius 3 is 2.41 bits per heavy atom. The lowest BCUT2D eigenvalue weighted by molar-refractivity contribution is -0.123. The highest BCUT2D eigenvalue weighted by Gasteiger charge is 2.19. The van der Waals surface area contributed by atoms with Crippen molar-refractivity contribution < 1.29 is 4.79 Å². The molecule has 4 heteroatoms. The van der Waals surface area contributed by atoms with Crippen LogP contribution in [0.4, 0.5) is 0 Å². The number of amides is 1. The van der Waals surface area contributed by atoms with E-state index in [0.29, 0.717) is 5.92 Å². The number of likely N-dealkylation sites (tertiary alicyclic amines) is 1. The van der Waals surface area contributed by atoms with Gasteiger partial charge in [0.2, 0.25) is 5.91 Å². The Balaban J connectivity index is 2.24. The van der Waals surface area contributed by atoms with Crippen molar-refractivity contribution in [3.05, 3.63) is 0 Å². The van der Waals surface area contributed by atoms with Crippen molar-refractivity contribution in [1.82, 2.24) is 10.2 Å². The monoisotopic (exact) mass is 241 g/mol. The Hall–Kier alpha value is -0.610. The Kier molecular flexibility index (Phi) is 5.92. The summed E-state index contributed by atoms with van der Waals surface area (Å²) in [6, 6.07) is -0.171. The van der Waals surface area contributed by atoms with E-state index in [0.717, 1.165) is 26.1 Å². The fraction of sp³-hybridized carbons (Fsp3) is 0.923. The van der Waals surface area contributed by atoms with E-state index in [4.69, 9.17) is 5.73 Å². The zero-order chi connectivity index (χ0) is 12.8. The van der Waals surface area contributed by atoms with Gasteiger partial charge in [-0.3, -0.25) is 4.79 Å². The van der Waals surface area contributed by atoms with Gasteiger partial charge in [0.15, 0.2) is 0 Å². The van der Waals surface area contributed by atoms with E-state index < -0.39 is 0 Å². The van der Waals surface area contributed by atoms with Crippen LogP contribution in [0, 0.1) is 5.92 Å². The average molecular weight is 241 g/mol. The summed E-state index contributed by atoms with van der Waals surface area (Å²) in [5.41, 5.74) is 5.85. The largest absolute Gasteiger partial charge is 0.351 e. The molecular weight excluding hydrogens is 214 g/mol. The van der Waals surface area contributed by atoms with Crippen LogP contribution in [0.25, 0.3) is 0 Å². The molecule has 2 unspecified atom stereocenters. The van der Waals surface area contributed by atoms with Crippen LogP contribution in [-0.4, -0.2) is 42.5 Å². The van der Waals surface area contributed by atoms with E-state index in [9.17, 15) is 4.79 Å². The highest BCUT2D eigenvalue weighted by Crippen LogP contribution is 2.08. The summed E-state index contributed by atoms with van der Waals surface area (Å²) in [6.07, 6.45) is 3.32. The van der Waals surface area contributed by atoms with E-state index in [1.165, 1.54) is 12.8 Å². The molecule has 1 rings (SSSR count). The molecule has 0 bridgehead atoms. The summed E-state index contributed by atoms with van der Waals surface area (Å²) in [6.45, 7) is 9.50. The molecule has 1 aliphatic heterocycles. The van der Waals surface area contributed by atoms with Crippen molar-refractivity contribution in [3.8, 4) is 0 Å². The summed E-state index contributed by atoms with van der Waals surface area (Å²) in [5, 5.41) is 3.01. The first-order valence-electron chi connectivity index (χ1n) is 6.77. The van der Waals surface area contributed by atoms with Gasteiger partial charge >= 0.3 is 0 Å². The van der Waals surface area contributed by atoms with Gasteiger partial charge < -0.3 is 16.0 Å². The molecule has 0 saturated carbocycles. The van der Waals surface area contributed by atoms with Gasteiger partial charge in [-0.1, -0.05) is 13.8 Å². The zero-order valence-corrected chi connectivity index (χ0v) is 11.4. The number of hydrogen-bond acceptors (Lipinski definition) is 3. The van der Waals surface area contributed by atoms with Crippen LogP contribution in [0.15, 0.2) is 0 Å². The molecule has 1 aliphatic rings. The van der Waals surface area contributed by atoms with E-state index >= 15 is 0 Å². The Labute approximate surface area is 105 Å². The molecule has 3 N–H and O–H groups in total. The lowest BCUT2D eigenvalue weighted by Gasteiger charge is -2.23. The van der Waals surface area contributed by atoms with Crippen molar-refractivity contribution >= 4 is 5.91 Å². The summed E-state index contributed by atoms with van der Waals surface area (Å²) < 4.78 is 0. The van der Waals surface area contributed by atoms with Crippen LogP contribution in [-0.2, 0) is 4.79 Å². The maximum atomic E-state index is 11.8. The summed E-state index contributed by atoms with van der Waals surface area (Å²) in [5.74, 6) is 0.454. The van der Waals surface area contributed by atoms with Crippen LogP contribution >= 0.6 is 0 Å². The number of hydrogen-bond donors (Lipinski definition) is 2. The Morgan fingerprint density at radius 1 is 1.29 bits per heavy atom. The normalized spacial score (nSPS) is 20.5. The molecule has 0 aliphatic carbocycles. The number of carbonyl (C=O) groups excluding carboxylic acids is 1. The third-order valence-electron chi connectivity index (χ3n) is 3.18. The lowest BCUT2D eigenvalue weighted by Crippen LogP contribution is -2.48. The second-order valence-electron chi connectivity index (χ2n) is 5.65. The number of rotatable bonds is 6. The molecule has 1 heterocycles. The maximum absolute atomic E-state index is 11.8. The second kappa shape index (κ2) is 6.97. The van der Waals surface area contributed by atoms with E-state index in [1.807, 2.05) is 0 Å². The molecule has 4 nitrogen and oxygen atoms in total. The molecule has 100 valence electrons. The Morgan fingerprint density at radius 2 is 1.88 bits per heavy atom. The first-order chi connectivity index (χ1) is 7.99. The predicted octanol–water partition coefficient (Wildman–Crippen LogP) is 0.960. The first kappa shape index (κ1) is 14.5. The minimum Gasteiger partial charge on any atom is -0.351 e. The van der Waals surface area contributed by atoms with Gasteiger partial charge in [0, 0.05) is 12.6 Å². The minimum atomic E-state index is -0.365. The molecule has 1 amide bonds. The topological polar surface area (TPSA) is 58.4 Å². The van der Waals surface area contributed by atoms with Crippen LogP contribution in [0.5, 0.6) is 0 Å². The van der Waals surface area contributed by atoms with Gasteiger partial charge in [0.1, 0.15) is 0 Å². The predicted molar refractivity (Wildman–Crippen MR) is 70.7 cm³/mol. The molecule has 0 aromatic carbocycles. The van der Waals surface area contributed by atoms with E-state index in [2.05, 4.69) is 31.0 Å². The van der Waals surface area contributed by atoms with Crippen molar-refractivity contribution in [1.29, 1.82) is 0 Å². The summed E-state index contributed by atoms with van der Waals surface area (Å²) >= 11 is 0. The summed E-state index contributed by atoms with van der Waals surface area (Å²) in [4.78, 5) is 14.2. The summed E-state index contributed by atoms with van der Waals surface area (Å²) in [7, 11) is 0. The first-order valence-corrected chi connectivity index (χ1v) is 6.77. The van der Waals surface area contributed by atoms with Crippen LogP contribution in [0.1, 0.15) is 40.0 Å². The zero-order valence-electron chi connectivity index (χ0n) is 11.4. The third-order valence-corrected chi connectivity index (χ3v) is 3.18. The molecule has 0 radical (unpaired) electrons. The molecular formula is C13H27N3O. The number of nitrogens with two attached hydrogens (primary N) is 1. The minimum absolute atomic E-state index is 0.00889. The quantitative estimate of drug-likeness (QED) is 0.728. The van der Waals surface area contributed by atoms with Gasteiger partial charge in [-0.2, -0.15) is 0 Å². The van der Waals surface area contributed by atoms with E-state index in [-0.39, 0.29) is 18.0 Å². The molecule has 2 atom stereocenters. The van der Waals surface area contributed by atoms with Crippen molar-refractivity contribution in [3.63, 3.8) is 0 Å². The standard InChI is InChI=1S/C13H27N3O/c1-10(2)8-12(14)13(17)15-11(3)9-16-6-4-5-7-16/h10-12H,4-9,14H2,1-3H3,(H,15,17). The SMILES string of the molecule is CC(C)CC(N)C(=O)NC(C)CN1CCCC1. The average Bonchev–Trinajstić information content (AvgIpc) is 2.68. The molecule has 0 spiro atoms. The number of carbonyl (C=O) groups is 1. The van der Waals surface area contributed by atoms with Crippen molar-refractivity contribution in [2.45, 2.75) is 52.1 Å². The lowest BCUT2D eigenvalue weighted by atomic mass is 10.0. The molecule has 0 aromatic rings. The van der Waals surface area contributed by atoms with E-state index in [1.54, 1.807) is 0 Å². The number of nitrogens with one attached hydrogen (secondary N) is 1. The van der Waals surface area contributed by atoms with Gasteiger partial charge in [-0.15, -0.1) is 0 Å². The fourth-order valence-electron chi connectivity index (χ4n) is 2.36. The smallest absolute Gasteiger partial charge is 0.237 e. The van der Waals surface area contributed by atoms with Crippen LogP contribution in [0.3, 0.4) is 0 Å². The van der Waals surface area contributed by atoms with Gasteiger partial charge in [0.25, 0.3) is 0 Å². The highest BCUT2D eigenvalue weighted by atomic mass is 16.2. The van der Waals surface area contributed by atoms with Gasteiger partial charge in [-0.05, 0) is 45.2 Å². The van der Waals surface area contributed by atoms with Crippen molar-refractivity contribution in [2.24, 2.45) is 11.7 Å².